The third kappa shape index (κ3) is 3.04. The lowest BCUT2D eigenvalue weighted by Gasteiger charge is -2.28. The molecule has 116 valence electrons. The number of rotatable bonds is 5. The Morgan fingerprint density at radius 1 is 1.41 bits per heavy atom. The molecule has 0 unspecified atom stereocenters. The first-order valence-electron chi connectivity index (χ1n) is 7.76. The van der Waals surface area contributed by atoms with E-state index in [4.69, 9.17) is 4.74 Å². The summed E-state index contributed by atoms with van der Waals surface area (Å²) in [5.74, 6) is 0.0427. The van der Waals surface area contributed by atoms with Crippen LogP contribution in [0.25, 0.3) is 0 Å². The van der Waals surface area contributed by atoms with E-state index < -0.39 is 0 Å². The summed E-state index contributed by atoms with van der Waals surface area (Å²) in [6.45, 7) is 2.68. The Hall–Kier alpha value is -2.14. The van der Waals surface area contributed by atoms with Gasteiger partial charge in [0, 0.05) is 23.9 Å². The summed E-state index contributed by atoms with van der Waals surface area (Å²) in [6, 6.07) is 9.47. The maximum atomic E-state index is 12.9. The van der Waals surface area contributed by atoms with Crippen molar-refractivity contribution in [3.8, 4) is 0 Å². The number of amides is 1. The van der Waals surface area contributed by atoms with Gasteiger partial charge < -0.3 is 14.6 Å². The number of nitrogens with one attached hydrogen (secondary N) is 1. The molecule has 0 saturated carbocycles. The molecule has 1 amide bonds. The van der Waals surface area contributed by atoms with Crippen molar-refractivity contribution in [1.82, 2.24) is 14.9 Å². The smallest absolute Gasteiger partial charge is 0.256 e. The minimum absolute atomic E-state index is 0.0427. The highest BCUT2D eigenvalue weighted by Gasteiger charge is 2.37. The summed E-state index contributed by atoms with van der Waals surface area (Å²) >= 11 is 0. The van der Waals surface area contributed by atoms with Crippen LogP contribution in [0.15, 0.2) is 42.9 Å². The van der Waals surface area contributed by atoms with Crippen molar-refractivity contribution in [1.29, 1.82) is 0 Å². The molecule has 2 atom stereocenters. The van der Waals surface area contributed by atoms with Crippen LogP contribution >= 0.6 is 0 Å². The zero-order chi connectivity index (χ0) is 15.4. The number of ether oxygens (including phenoxy) is 1. The van der Waals surface area contributed by atoms with Gasteiger partial charge in [0.2, 0.25) is 0 Å². The lowest BCUT2D eigenvalue weighted by atomic mass is 10.1. The Labute approximate surface area is 130 Å². The van der Waals surface area contributed by atoms with Crippen LogP contribution in [-0.4, -0.2) is 39.7 Å². The normalized spacial score (nSPS) is 21.2. The predicted octanol–water partition coefficient (Wildman–Crippen LogP) is 2.62. The second-order valence-corrected chi connectivity index (χ2v) is 5.59. The van der Waals surface area contributed by atoms with Crippen LogP contribution in [0.4, 0.5) is 0 Å². The van der Waals surface area contributed by atoms with E-state index in [1.807, 2.05) is 35.2 Å². The van der Waals surface area contributed by atoms with Crippen molar-refractivity contribution in [3.05, 3.63) is 54.1 Å². The number of carbonyl (C=O) groups is 1. The molecule has 5 heteroatoms. The summed E-state index contributed by atoms with van der Waals surface area (Å²) in [6.07, 6.45) is 5.92. The third-order valence-corrected chi connectivity index (χ3v) is 3.99. The maximum absolute atomic E-state index is 12.9. The van der Waals surface area contributed by atoms with Gasteiger partial charge in [-0.05, 0) is 18.6 Å². The molecule has 1 aliphatic heterocycles. The lowest BCUT2D eigenvalue weighted by Crippen LogP contribution is -2.43. The fourth-order valence-electron chi connectivity index (χ4n) is 2.92. The van der Waals surface area contributed by atoms with Gasteiger partial charge in [-0.1, -0.05) is 31.5 Å². The van der Waals surface area contributed by atoms with Crippen LogP contribution in [0.1, 0.15) is 35.8 Å². The van der Waals surface area contributed by atoms with Crippen molar-refractivity contribution in [2.45, 2.75) is 38.5 Å². The number of nitrogens with zero attached hydrogens (tertiary/aromatic N) is 2. The minimum Gasteiger partial charge on any atom is -0.356 e. The van der Waals surface area contributed by atoms with Crippen molar-refractivity contribution in [3.63, 3.8) is 0 Å². The fraction of sp³-hybridized carbons (Fsp3) is 0.412. The summed E-state index contributed by atoms with van der Waals surface area (Å²) in [5, 5.41) is 0. The molecule has 2 aromatic rings. The van der Waals surface area contributed by atoms with Gasteiger partial charge in [-0.25, -0.2) is 4.98 Å². The summed E-state index contributed by atoms with van der Waals surface area (Å²) in [4.78, 5) is 21.9. The Bertz CT molecular complexity index is 598. The van der Waals surface area contributed by atoms with Crippen molar-refractivity contribution < 1.29 is 9.53 Å². The van der Waals surface area contributed by atoms with E-state index in [1.54, 1.807) is 12.5 Å². The Balaban J connectivity index is 1.82. The van der Waals surface area contributed by atoms with Gasteiger partial charge in [-0.2, -0.15) is 0 Å². The SMILES string of the molecule is CCC[C@@H]1OC[C@H](Cc2cnc[nH]2)N1C(=O)c1ccccc1. The molecule has 1 aromatic heterocycles. The van der Waals surface area contributed by atoms with Crippen LogP contribution in [0, 0.1) is 0 Å². The first-order valence-corrected chi connectivity index (χ1v) is 7.76. The van der Waals surface area contributed by atoms with E-state index in [2.05, 4.69) is 16.9 Å². The van der Waals surface area contributed by atoms with Crippen LogP contribution in [-0.2, 0) is 11.2 Å². The van der Waals surface area contributed by atoms with Crippen molar-refractivity contribution in [2.24, 2.45) is 0 Å². The molecule has 1 fully saturated rings. The molecule has 0 radical (unpaired) electrons. The summed E-state index contributed by atoms with van der Waals surface area (Å²) in [5.41, 5.74) is 1.74. The number of imidazole rings is 1. The number of aromatic nitrogens is 2. The first kappa shape index (κ1) is 14.8. The molecule has 1 saturated heterocycles. The van der Waals surface area contributed by atoms with Gasteiger partial charge >= 0.3 is 0 Å². The van der Waals surface area contributed by atoms with E-state index in [0.717, 1.165) is 25.0 Å². The van der Waals surface area contributed by atoms with E-state index in [9.17, 15) is 4.79 Å². The Morgan fingerprint density at radius 3 is 2.91 bits per heavy atom. The number of carbonyl (C=O) groups excluding carboxylic acids is 1. The van der Waals surface area contributed by atoms with E-state index in [-0.39, 0.29) is 18.2 Å². The fourth-order valence-corrected chi connectivity index (χ4v) is 2.92. The van der Waals surface area contributed by atoms with Crippen LogP contribution in [0.2, 0.25) is 0 Å². The molecule has 0 spiro atoms. The number of benzene rings is 1. The molecule has 0 bridgehead atoms. The van der Waals surface area contributed by atoms with Gasteiger partial charge in [-0.15, -0.1) is 0 Å². The number of aromatic amines is 1. The Morgan fingerprint density at radius 2 is 2.23 bits per heavy atom. The standard InChI is InChI=1S/C17H21N3O2/c1-2-6-16-20(17(21)13-7-4-3-5-8-13)15(11-22-16)9-14-10-18-12-19-14/h3-5,7-8,10,12,15-16H,2,6,9,11H2,1H3,(H,18,19)/t15-,16-/m0/s1. The largest absolute Gasteiger partial charge is 0.356 e. The Kier molecular flexibility index (Phi) is 4.53. The molecule has 1 aromatic carbocycles. The zero-order valence-electron chi connectivity index (χ0n) is 12.7. The molecule has 22 heavy (non-hydrogen) atoms. The van der Waals surface area contributed by atoms with Gasteiger partial charge in [0.1, 0.15) is 6.23 Å². The van der Waals surface area contributed by atoms with Gasteiger partial charge in [0.05, 0.1) is 19.0 Å². The van der Waals surface area contributed by atoms with E-state index in [0.29, 0.717) is 12.2 Å². The van der Waals surface area contributed by atoms with Gasteiger partial charge in [0.15, 0.2) is 0 Å². The van der Waals surface area contributed by atoms with Crippen molar-refractivity contribution in [2.75, 3.05) is 6.61 Å². The van der Waals surface area contributed by atoms with Crippen LogP contribution < -0.4 is 0 Å². The van der Waals surface area contributed by atoms with E-state index in [1.165, 1.54) is 0 Å². The lowest BCUT2D eigenvalue weighted by molar-refractivity contribution is 0.0209. The molecular weight excluding hydrogens is 278 g/mol. The highest BCUT2D eigenvalue weighted by molar-refractivity contribution is 5.94. The third-order valence-electron chi connectivity index (χ3n) is 3.99. The predicted molar refractivity (Wildman–Crippen MR) is 83.3 cm³/mol. The molecule has 0 aliphatic carbocycles. The minimum atomic E-state index is -0.134. The van der Waals surface area contributed by atoms with Gasteiger partial charge in [-0.3, -0.25) is 4.79 Å². The molecule has 3 rings (SSSR count). The second-order valence-electron chi connectivity index (χ2n) is 5.59. The quantitative estimate of drug-likeness (QED) is 0.923. The second kappa shape index (κ2) is 6.75. The number of hydrogen-bond donors (Lipinski definition) is 1. The summed E-state index contributed by atoms with van der Waals surface area (Å²) in [7, 11) is 0. The van der Waals surface area contributed by atoms with Crippen LogP contribution in [0.5, 0.6) is 0 Å². The molecule has 1 N–H and O–H groups in total. The van der Waals surface area contributed by atoms with E-state index >= 15 is 0 Å². The average molecular weight is 299 g/mol. The highest BCUT2D eigenvalue weighted by atomic mass is 16.5. The first-order chi connectivity index (χ1) is 10.8. The molecule has 2 heterocycles. The monoisotopic (exact) mass is 299 g/mol. The number of hydrogen-bond acceptors (Lipinski definition) is 3. The maximum Gasteiger partial charge on any atom is 0.256 e. The topological polar surface area (TPSA) is 58.2 Å². The molecule has 5 nitrogen and oxygen atoms in total. The average Bonchev–Trinajstić information content (AvgIpc) is 3.19. The number of H-pyrrole nitrogens is 1. The van der Waals surface area contributed by atoms with Crippen molar-refractivity contribution >= 4 is 5.91 Å². The highest BCUT2D eigenvalue weighted by Crippen LogP contribution is 2.25. The summed E-state index contributed by atoms with van der Waals surface area (Å²) < 4.78 is 5.88. The molecular formula is C17H21N3O2. The zero-order valence-corrected chi connectivity index (χ0v) is 12.7. The van der Waals surface area contributed by atoms with Gasteiger partial charge in [0.25, 0.3) is 5.91 Å². The molecule has 1 aliphatic rings. The van der Waals surface area contributed by atoms with Crippen LogP contribution in [0.3, 0.4) is 0 Å².